The van der Waals surface area contributed by atoms with Crippen LogP contribution in [0, 0.1) is 5.41 Å². The van der Waals surface area contributed by atoms with Gasteiger partial charge in [0.15, 0.2) is 0 Å². The highest BCUT2D eigenvalue weighted by Gasteiger charge is 2.78. The number of nitrogens with zero attached hydrogens (tertiary/aromatic N) is 1. The molecule has 2 aliphatic rings. The van der Waals surface area contributed by atoms with Gasteiger partial charge in [-0.05, 0) is 23.3 Å². The van der Waals surface area contributed by atoms with E-state index in [1.807, 2.05) is 74.2 Å². The van der Waals surface area contributed by atoms with Crippen LogP contribution in [0.15, 0.2) is 53.0 Å². The van der Waals surface area contributed by atoms with E-state index in [0.29, 0.717) is 0 Å². The van der Waals surface area contributed by atoms with Crippen molar-refractivity contribution >= 4 is 33.5 Å². The van der Waals surface area contributed by atoms with Gasteiger partial charge < -0.3 is 9.64 Å². The lowest BCUT2D eigenvalue weighted by Crippen LogP contribution is -2.45. The van der Waals surface area contributed by atoms with Crippen molar-refractivity contribution < 1.29 is 14.3 Å². The van der Waals surface area contributed by atoms with Gasteiger partial charge in [-0.3, -0.25) is 9.59 Å². The molecule has 27 heavy (non-hydrogen) atoms. The van der Waals surface area contributed by atoms with Crippen LogP contribution in [0.25, 0.3) is 0 Å². The molecule has 1 amide bonds. The molecule has 2 aromatic carbocycles. The number of carbonyl (C=O) groups excluding carboxylic acids is 2. The maximum absolute atomic E-state index is 13.3. The molecule has 0 bridgehead atoms. The molecule has 0 N–H and O–H groups in total. The van der Waals surface area contributed by atoms with E-state index < -0.39 is 10.8 Å². The van der Waals surface area contributed by atoms with Crippen LogP contribution < -0.4 is 4.90 Å². The Morgan fingerprint density at radius 1 is 1.07 bits per heavy atom. The Hall–Kier alpha value is -2.14. The fourth-order valence-electron chi connectivity index (χ4n) is 4.50. The minimum Gasteiger partial charge on any atom is -0.468 e. The highest BCUT2D eigenvalue weighted by atomic mass is 79.9. The molecule has 4 rings (SSSR count). The summed E-state index contributed by atoms with van der Waals surface area (Å²) in [6.45, 7) is 5.73. The van der Waals surface area contributed by atoms with Crippen LogP contribution in [0.2, 0.25) is 0 Å². The van der Waals surface area contributed by atoms with E-state index in [1.54, 1.807) is 0 Å². The number of halogens is 1. The maximum atomic E-state index is 13.3. The molecule has 2 aromatic rings. The normalized spacial score (nSPS) is 25.6. The minimum atomic E-state index is -0.885. The second kappa shape index (κ2) is 5.93. The third kappa shape index (κ3) is 2.34. The monoisotopic (exact) mass is 427 g/mol. The summed E-state index contributed by atoms with van der Waals surface area (Å²) in [5.41, 5.74) is 1.36. The molecule has 0 aromatic heterocycles. The molecular formula is C22H22BrNO3. The number of anilines is 1. The van der Waals surface area contributed by atoms with Gasteiger partial charge in [-0.1, -0.05) is 73.1 Å². The van der Waals surface area contributed by atoms with Crippen LogP contribution in [0.1, 0.15) is 37.8 Å². The topological polar surface area (TPSA) is 46.6 Å². The van der Waals surface area contributed by atoms with E-state index in [4.69, 9.17) is 4.74 Å². The average molecular weight is 428 g/mol. The zero-order chi connectivity index (χ0) is 19.6. The highest BCUT2D eigenvalue weighted by Crippen LogP contribution is 2.70. The average Bonchev–Trinajstić information content (AvgIpc) is 3.19. The number of para-hydroxylation sites is 1. The predicted octanol–water partition coefficient (Wildman–Crippen LogP) is 4.42. The van der Waals surface area contributed by atoms with E-state index in [0.717, 1.165) is 21.3 Å². The van der Waals surface area contributed by atoms with E-state index in [9.17, 15) is 9.59 Å². The smallest absolute Gasteiger partial charge is 0.319 e. The number of ether oxygens (including phenoxy) is 1. The van der Waals surface area contributed by atoms with Gasteiger partial charge in [-0.15, -0.1) is 0 Å². The quantitative estimate of drug-likeness (QED) is 0.666. The van der Waals surface area contributed by atoms with Gasteiger partial charge in [0.2, 0.25) is 5.91 Å². The van der Waals surface area contributed by atoms with Gasteiger partial charge in [-0.25, -0.2) is 0 Å². The number of rotatable bonds is 2. The number of methoxy groups -OCH3 is 1. The van der Waals surface area contributed by atoms with Crippen molar-refractivity contribution in [3.05, 3.63) is 64.1 Å². The molecule has 5 heteroatoms. The molecule has 4 nitrogen and oxygen atoms in total. The maximum Gasteiger partial charge on any atom is 0.319 e. The van der Waals surface area contributed by atoms with Crippen molar-refractivity contribution in [2.75, 3.05) is 12.0 Å². The number of esters is 1. The number of carbonyl (C=O) groups is 2. The van der Waals surface area contributed by atoms with Crippen LogP contribution in [0.3, 0.4) is 0 Å². The summed E-state index contributed by atoms with van der Waals surface area (Å²) >= 11 is 3.60. The Kier molecular flexibility index (Phi) is 4.00. The molecule has 1 heterocycles. The van der Waals surface area contributed by atoms with Gasteiger partial charge in [0.1, 0.15) is 5.41 Å². The van der Waals surface area contributed by atoms with Crippen molar-refractivity contribution in [1.82, 2.24) is 0 Å². The Morgan fingerprint density at radius 3 is 2.33 bits per heavy atom. The van der Waals surface area contributed by atoms with Crippen molar-refractivity contribution in [3.63, 3.8) is 0 Å². The zero-order valence-corrected chi connectivity index (χ0v) is 17.4. The first kappa shape index (κ1) is 18.2. The van der Waals surface area contributed by atoms with Crippen LogP contribution in [-0.4, -0.2) is 25.0 Å². The first-order valence-corrected chi connectivity index (χ1v) is 9.81. The Balaban J connectivity index is 1.95. The van der Waals surface area contributed by atoms with Crippen molar-refractivity contribution in [2.45, 2.75) is 38.1 Å². The molecule has 1 saturated carbocycles. The van der Waals surface area contributed by atoms with E-state index in [2.05, 4.69) is 15.9 Å². The fourth-order valence-corrected chi connectivity index (χ4v) is 5.12. The SMILES string of the molecule is COC(=O)[C@@]1(c2ccccc2Br)[C@@H]2c3ccccc3N(C(=O)C(C)(C)C)[C@@H]21. The molecule has 0 unspecified atom stereocenters. The van der Waals surface area contributed by atoms with Gasteiger partial charge in [-0.2, -0.15) is 0 Å². The van der Waals surface area contributed by atoms with E-state index in [1.165, 1.54) is 7.11 Å². The number of hydrogen-bond acceptors (Lipinski definition) is 3. The van der Waals surface area contributed by atoms with Crippen molar-refractivity contribution in [3.8, 4) is 0 Å². The number of benzene rings is 2. The lowest BCUT2D eigenvalue weighted by Gasteiger charge is -2.32. The number of fused-ring (bicyclic) bond motifs is 3. The predicted molar refractivity (Wildman–Crippen MR) is 108 cm³/mol. The standard InChI is InChI=1S/C22H22BrNO3/c1-21(2,3)19(25)24-16-12-8-5-9-13(16)17-18(24)22(17,20(26)27-4)14-10-6-7-11-15(14)23/h5-12,17-18H,1-4H3/t17-,18+,22+/m1/s1. The molecule has 140 valence electrons. The third-order valence-corrected chi connectivity index (χ3v) is 6.37. The van der Waals surface area contributed by atoms with Crippen LogP contribution >= 0.6 is 15.9 Å². The van der Waals surface area contributed by atoms with Crippen molar-refractivity contribution in [1.29, 1.82) is 0 Å². The summed E-state index contributed by atoms with van der Waals surface area (Å²) in [5.74, 6) is -0.392. The fraction of sp³-hybridized carbons (Fsp3) is 0.364. The third-order valence-electron chi connectivity index (χ3n) is 5.68. The summed E-state index contributed by atoms with van der Waals surface area (Å²) in [4.78, 5) is 28.3. The molecule has 0 radical (unpaired) electrons. The van der Waals surface area contributed by atoms with Crippen LogP contribution in [0.4, 0.5) is 5.69 Å². The zero-order valence-electron chi connectivity index (χ0n) is 15.8. The number of amides is 1. The molecular weight excluding hydrogens is 406 g/mol. The lowest BCUT2D eigenvalue weighted by atomic mass is 9.87. The molecule has 0 spiro atoms. The van der Waals surface area contributed by atoms with E-state index in [-0.39, 0.29) is 23.8 Å². The van der Waals surface area contributed by atoms with Crippen LogP contribution in [-0.2, 0) is 19.7 Å². The summed E-state index contributed by atoms with van der Waals surface area (Å²) in [6, 6.07) is 15.3. The number of hydrogen-bond donors (Lipinski definition) is 0. The summed E-state index contributed by atoms with van der Waals surface area (Å²) in [5, 5.41) is 0. The highest BCUT2D eigenvalue weighted by molar-refractivity contribution is 9.10. The first-order chi connectivity index (χ1) is 12.8. The van der Waals surface area contributed by atoms with Gasteiger partial charge in [0.25, 0.3) is 0 Å². The van der Waals surface area contributed by atoms with Crippen molar-refractivity contribution in [2.24, 2.45) is 5.41 Å². The largest absolute Gasteiger partial charge is 0.468 e. The summed E-state index contributed by atoms with van der Waals surface area (Å²) in [6.07, 6.45) is 0. The summed E-state index contributed by atoms with van der Waals surface area (Å²) in [7, 11) is 1.41. The molecule has 0 saturated heterocycles. The lowest BCUT2D eigenvalue weighted by molar-refractivity contribution is -0.144. The molecule has 1 aliphatic heterocycles. The second-order valence-corrected chi connectivity index (χ2v) is 9.10. The van der Waals surface area contributed by atoms with Gasteiger partial charge in [0, 0.05) is 21.5 Å². The van der Waals surface area contributed by atoms with Gasteiger partial charge >= 0.3 is 5.97 Å². The first-order valence-electron chi connectivity index (χ1n) is 9.02. The Morgan fingerprint density at radius 2 is 1.70 bits per heavy atom. The minimum absolute atomic E-state index is 0.0141. The van der Waals surface area contributed by atoms with E-state index >= 15 is 0 Å². The van der Waals surface area contributed by atoms with Gasteiger partial charge in [0.05, 0.1) is 13.2 Å². The molecule has 1 aliphatic carbocycles. The molecule has 3 atom stereocenters. The Bertz CT molecular complexity index is 949. The second-order valence-electron chi connectivity index (χ2n) is 8.25. The Labute approximate surface area is 167 Å². The van der Waals surface area contributed by atoms with Crippen LogP contribution in [0.5, 0.6) is 0 Å². The molecule has 1 fully saturated rings. The summed E-state index contributed by atoms with van der Waals surface area (Å²) < 4.78 is 6.11.